The van der Waals surface area contributed by atoms with Crippen LogP contribution in [0.3, 0.4) is 0 Å². The van der Waals surface area contributed by atoms with Crippen molar-refractivity contribution in [2.45, 2.75) is 11.0 Å². The van der Waals surface area contributed by atoms with Crippen molar-refractivity contribution in [3.63, 3.8) is 0 Å². The van der Waals surface area contributed by atoms with E-state index in [0.29, 0.717) is 11.6 Å². The average Bonchev–Trinajstić information content (AvgIpc) is 2.55. The van der Waals surface area contributed by atoms with Gasteiger partial charge in [-0.05, 0) is 23.8 Å². The van der Waals surface area contributed by atoms with E-state index in [2.05, 4.69) is 0 Å². The van der Waals surface area contributed by atoms with Gasteiger partial charge in [0.1, 0.15) is 0 Å². The molecule has 0 saturated heterocycles. The van der Waals surface area contributed by atoms with Crippen molar-refractivity contribution in [3.05, 3.63) is 58.4 Å². The normalized spacial score (nSPS) is 13.8. The molecule has 5 nitrogen and oxygen atoms in total. The number of hydrogen-bond acceptors (Lipinski definition) is 5. The minimum absolute atomic E-state index is 0.259. The molecule has 1 aromatic rings. The van der Waals surface area contributed by atoms with E-state index in [9.17, 15) is 43.2 Å². The van der Waals surface area contributed by atoms with Crippen LogP contribution in [0.4, 0.5) is 32.0 Å². The highest BCUT2D eigenvalue weighted by atomic mass is 32.3. The zero-order valence-electron chi connectivity index (χ0n) is 14.9. The molecule has 0 bridgehead atoms. The lowest BCUT2D eigenvalue weighted by atomic mass is 10.2. The number of nitrogens with zero attached hydrogens (tertiary/aromatic N) is 1. The Hall–Kier alpha value is -2.28. The maximum atomic E-state index is 12.6. The van der Waals surface area contributed by atoms with Gasteiger partial charge in [0.2, 0.25) is 0 Å². The van der Waals surface area contributed by atoms with E-state index in [4.69, 9.17) is 0 Å². The summed E-state index contributed by atoms with van der Waals surface area (Å²) in [4.78, 5) is 1.82. The van der Waals surface area contributed by atoms with Crippen molar-refractivity contribution in [1.29, 1.82) is 0 Å². The van der Waals surface area contributed by atoms with E-state index in [0.717, 1.165) is 11.8 Å². The minimum atomic E-state index is -6.76. The number of hydrogen-bond donors (Lipinski definition) is 0. The molecule has 0 amide bonds. The molecule has 0 fully saturated rings. The molecule has 0 spiro atoms. The number of anilines is 1. The summed E-state index contributed by atoms with van der Waals surface area (Å²) < 4.78 is 118. The Morgan fingerprint density at radius 1 is 0.793 bits per heavy atom. The third-order valence-electron chi connectivity index (χ3n) is 3.29. The van der Waals surface area contributed by atoms with Crippen LogP contribution in [-0.4, -0.2) is 41.9 Å². The second kappa shape index (κ2) is 8.61. The zero-order valence-corrected chi connectivity index (χ0v) is 16.5. The Morgan fingerprint density at radius 3 is 1.62 bits per heavy atom. The lowest BCUT2D eigenvalue weighted by molar-refractivity contribution is -0.0444. The predicted molar refractivity (Wildman–Crippen MR) is 97.0 cm³/mol. The summed E-state index contributed by atoms with van der Waals surface area (Å²) in [6.07, 6.45) is 3.68. The van der Waals surface area contributed by atoms with Crippen molar-refractivity contribution in [1.82, 2.24) is 0 Å². The van der Waals surface area contributed by atoms with Gasteiger partial charge in [0.25, 0.3) is 19.7 Å². The maximum absolute atomic E-state index is 12.6. The lowest BCUT2D eigenvalue weighted by Crippen LogP contribution is -2.34. The highest BCUT2D eigenvalue weighted by molar-refractivity contribution is 8.15. The van der Waals surface area contributed by atoms with Gasteiger partial charge < -0.3 is 4.90 Å². The number of benzene rings is 1. The fourth-order valence-corrected chi connectivity index (χ4v) is 4.49. The van der Waals surface area contributed by atoms with Crippen LogP contribution in [0.2, 0.25) is 0 Å². The molecule has 13 heteroatoms. The van der Waals surface area contributed by atoms with Gasteiger partial charge in [-0.25, -0.2) is 16.8 Å². The molecule has 0 aliphatic heterocycles. The molecule has 0 atom stereocenters. The lowest BCUT2D eigenvalue weighted by Gasteiger charge is -2.13. The Bertz CT molecular complexity index is 971. The first-order valence-corrected chi connectivity index (χ1v) is 10.4. The van der Waals surface area contributed by atoms with Crippen molar-refractivity contribution in [3.8, 4) is 0 Å². The number of rotatable bonds is 6. The van der Waals surface area contributed by atoms with Gasteiger partial charge in [-0.3, -0.25) is 0 Å². The van der Waals surface area contributed by atoms with Crippen LogP contribution in [0.1, 0.15) is 5.56 Å². The fraction of sp³-hybridized carbons (Fsp3) is 0.250. The van der Waals surface area contributed by atoms with Crippen LogP contribution < -0.4 is 4.90 Å². The van der Waals surface area contributed by atoms with E-state index in [1.165, 1.54) is 12.2 Å². The smallest absolute Gasteiger partial charge is 0.378 e. The summed E-state index contributed by atoms with van der Waals surface area (Å²) in [5.41, 5.74) is -11.0. The van der Waals surface area contributed by atoms with Gasteiger partial charge in [0, 0.05) is 19.8 Å². The molecule has 0 aliphatic rings. The third-order valence-corrected chi connectivity index (χ3v) is 7.16. The first kappa shape index (κ1) is 24.8. The first-order chi connectivity index (χ1) is 13.0. The molecular formula is C16H15F6NO4S2. The quantitative estimate of drug-likeness (QED) is 0.471. The zero-order chi connectivity index (χ0) is 22.7. The molecule has 0 unspecified atom stereocenters. The van der Waals surface area contributed by atoms with Gasteiger partial charge in [-0.15, -0.1) is 0 Å². The Kier molecular flexibility index (Phi) is 7.35. The van der Waals surface area contributed by atoms with Gasteiger partial charge in [-0.2, -0.15) is 26.3 Å². The summed E-state index contributed by atoms with van der Waals surface area (Å²) in [5, 5.41) is 0. The van der Waals surface area contributed by atoms with E-state index in [1.807, 2.05) is 19.0 Å². The summed E-state index contributed by atoms with van der Waals surface area (Å²) >= 11 is 0. The summed E-state index contributed by atoms with van der Waals surface area (Å²) in [6.45, 7) is 0. The Morgan fingerprint density at radius 2 is 1.24 bits per heavy atom. The van der Waals surface area contributed by atoms with Gasteiger partial charge in [-0.1, -0.05) is 36.4 Å². The fourth-order valence-electron chi connectivity index (χ4n) is 1.80. The predicted octanol–water partition coefficient (Wildman–Crippen LogP) is 4.03. The molecule has 0 radical (unpaired) electrons. The number of sulfone groups is 2. The number of halogens is 6. The van der Waals surface area contributed by atoms with Crippen molar-refractivity contribution < 1.29 is 43.2 Å². The standard InChI is InChI=1S/C16H15F6NO4S2/c1-23(2)13-10-8-12(9-11-13)6-4-3-5-7-14(28(24,25)15(17,18)19)29(26,27)16(20,21)22/h3-11H,1-2H3/b5-3+,6-4+. The number of allylic oxidation sites excluding steroid dienone is 4. The molecule has 162 valence electrons. The van der Waals surface area contributed by atoms with E-state index in [-0.39, 0.29) is 6.08 Å². The van der Waals surface area contributed by atoms with Crippen LogP contribution in [0, 0.1) is 0 Å². The molecule has 29 heavy (non-hydrogen) atoms. The molecular weight excluding hydrogens is 448 g/mol. The first-order valence-electron chi connectivity index (χ1n) is 7.47. The highest BCUT2D eigenvalue weighted by Crippen LogP contribution is 2.38. The largest absolute Gasteiger partial charge is 0.502 e. The topological polar surface area (TPSA) is 71.5 Å². The average molecular weight is 463 g/mol. The SMILES string of the molecule is CN(C)c1ccc(/C=C/C=C/C=C(S(=O)(=O)C(F)(F)F)S(=O)(=O)C(F)(F)F)cc1. The third kappa shape index (κ3) is 5.85. The van der Waals surface area contributed by atoms with E-state index < -0.39 is 34.9 Å². The molecule has 1 rings (SSSR count). The summed E-state index contributed by atoms with van der Waals surface area (Å²) in [5.74, 6) is 0. The van der Waals surface area contributed by atoms with Crippen LogP contribution >= 0.6 is 0 Å². The monoisotopic (exact) mass is 463 g/mol. The maximum Gasteiger partial charge on any atom is 0.502 e. The Balaban J connectivity index is 3.25. The van der Waals surface area contributed by atoms with Crippen molar-refractivity contribution in [2.75, 3.05) is 19.0 Å². The van der Waals surface area contributed by atoms with Crippen LogP contribution in [0.5, 0.6) is 0 Å². The molecule has 0 N–H and O–H groups in total. The van der Waals surface area contributed by atoms with Crippen LogP contribution in [0.25, 0.3) is 6.08 Å². The van der Waals surface area contributed by atoms with E-state index >= 15 is 0 Å². The summed E-state index contributed by atoms with van der Waals surface area (Å²) in [6, 6.07) is 6.83. The second-order valence-corrected chi connectivity index (χ2v) is 9.69. The number of alkyl halides is 6. The molecule has 0 heterocycles. The van der Waals surface area contributed by atoms with Gasteiger partial charge in [0.15, 0.2) is 4.24 Å². The summed E-state index contributed by atoms with van der Waals surface area (Å²) in [7, 11) is -9.90. The second-order valence-electron chi connectivity index (χ2n) is 5.61. The van der Waals surface area contributed by atoms with Gasteiger partial charge >= 0.3 is 11.0 Å². The van der Waals surface area contributed by atoms with Crippen molar-refractivity contribution in [2.24, 2.45) is 0 Å². The minimum Gasteiger partial charge on any atom is -0.378 e. The Labute approximate surface area is 163 Å². The molecule has 0 saturated carbocycles. The highest BCUT2D eigenvalue weighted by Gasteiger charge is 2.59. The van der Waals surface area contributed by atoms with Crippen LogP contribution in [0.15, 0.2) is 52.8 Å². The molecule has 0 aromatic heterocycles. The molecule has 1 aromatic carbocycles. The van der Waals surface area contributed by atoms with Crippen molar-refractivity contribution >= 4 is 31.4 Å². The van der Waals surface area contributed by atoms with Gasteiger partial charge in [0.05, 0.1) is 0 Å². The van der Waals surface area contributed by atoms with Crippen LogP contribution in [-0.2, 0) is 19.7 Å². The molecule has 0 aliphatic carbocycles. The van der Waals surface area contributed by atoms with E-state index in [1.54, 1.807) is 24.3 Å².